The number of rotatable bonds is 2. The number of hydrogen-bond donors (Lipinski definition) is 2. The van der Waals surface area contributed by atoms with Gasteiger partial charge in [0.2, 0.25) is 0 Å². The zero-order valence-corrected chi connectivity index (χ0v) is 8.98. The molecule has 0 unspecified atom stereocenters. The van der Waals surface area contributed by atoms with Crippen molar-refractivity contribution in [1.29, 1.82) is 0 Å². The molecule has 0 aliphatic rings. The number of nitrogens with one attached hydrogen (secondary N) is 2. The number of aryl methyl sites for hydroxylation is 1. The van der Waals surface area contributed by atoms with Crippen molar-refractivity contribution in [3.8, 4) is 0 Å². The van der Waals surface area contributed by atoms with Crippen LogP contribution in [0.3, 0.4) is 0 Å². The number of anilines is 2. The van der Waals surface area contributed by atoms with Crippen LogP contribution in [-0.4, -0.2) is 24.8 Å². The van der Waals surface area contributed by atoms with E-state index < -0.39 is 0 Å². The maximum absolute atomic E-state index is 13.1. The first kappa shape index (κ1) is 9.76. The van der Waals surface area contributed by atoms with Gasteiger partial charge in [-0.3, -0.25) is 5.10 Å². The molecule has 0 spiro atoms. The van der Waals surface area contributed by atoms with Crippen LogP contribution >= 0.6 is 0 Å². The summed E-state index contributed by atoms with van der Waals surface area (Å²) in [6.45, 7) is 1.89. The maximum Gasteiger partial charge on any atom is 0.159 e. The summed E-state index contributed by atoms with van der Waals surface area (Å²) in [5, 5.41) is 13.7. The fourth-order valence-electron chi connectivity index (χ4n) is 1.60. The van der Waals surface area contributed by atoms with Crippen LogP contribution in [-0.2, 0) is 0 Å². The Morgan fingerprint density at radius 2 is 2.29 bits per heavy atom. The summed E-state index contributed by atoms with van der Waals surface area (Å²) < 4.78 is 14.5. The highest BCUT2D eigenvalue weighted by molar-refractivity contribution is 5.71. The maximum atomic E-state index is 13.1. The summed E-state index contributed by atoms with van der Waals surface area (Å²) in [5.41, 5.74) is 1.49. The molecule has 0 saturated carbocycles. The number of H-pyrrole nitrogens is 1. The van der Waals surface area contributed by atoms with Crippen molar-refractivity contribution in [2.75, 3.05) is 5.32 Å². The summed E-state index contributed by atoms with van der Waals surface area (Å²) in [6.07, 6.45) is 2.65. The molecular formula is C10H9FN6. The van der Waals surface area contributed by atoms with E-state index in [0.717, 1.165) is 5.69 Å². The molecule has 0 aliphatic carbocycles. The number of halogens is 1. The van der Waals surface area contributed by atoms with Crippen LogP contribution in [0, 0.1) is 12.7 Å². The lowest BCUT2D eigenvalue weighted by atomic mass is 10.4. The van der Waals surface area contributed by atoms with Crippen LogP contribution in [0.15, 0.2) is 24.7 Å². The molecule has 86 valence electrons. The van der Waals surface area contributed by atoms with E-state index in [2.05, 4.69) is 25.6 Å². The molecule has 17 heavy (non-hydrogen) atoms. The zero-order valence-electron chi connectivity index (χ0n) is 8.98. The van der Waals surface area contributed by atoms with E-state index in [0.29, 0.717) is 17.2 Å². The second-order valence-corrected chi connectivity index (χ2v) is 3.66. The van der Waals surface area contributed by atoms with Crippen LogP contribution in [0.2, 0.25) is 0 Å². The average Bonchev–Trinajstić information content (AvgIpc) is 2.84. The van der Waals surface area contributed by atoms with Crippen molar-refractivity contribution in [3.63, 3.8) is 0 Å². The molecule has 7 heteroatoms. The van der Waals surface area contributed by atoms with Crippen LogP contribution < -0.4 is 5.32 Å². The van der Waals surface area contributed by atoms with Crippen LogP contribution in [0.4, 0.5) is 16.0 Å². The average molecular weight is 232 g/mol. The minimum atomic E-state index is -0.355. The lowest BCUT2D eigenvalue weighted by Gasteiger charge is -2.02. The molecule has 0 radical (unpaired) electrons. The van der Waals surface area contributed by atoms with Gasteiger partial charge in [-0.05, 0) is 6.92 Å². The molecule has 3 aromatic heterocycles. The fourth-order valence-corrected chi connectivity index (χ4v) is 1.60. The van der Waals surface area contributed by atoms with Gasteiger partial charge in [0, 0.05) is 17.8 Å². The van der Waals surface area contributed by atoms with E-state index in [-0.39, 0.29) is 5.82 Å². The normalized spacial score (nSPS) is 10.9. The second-order valence-electron chi connectivity index (χ2n) is 3.66. The van der Waals surface area contributed by atoms with Crippen molar-refractivity contribution < 1.29 is 4.39 Å². The molecule has 2 N–H and O–H groups in total. The van der Waals surface area contributed by atoms with Gasteiger partial charge in [0.25, 0.3) is 0 Å². The smallest absolute Gasteiger partial charge is 0.159 e. The zero-order chi connectivity index (χ0) is 11.8. The van der Waals surface area contributed by atoms with Crippen LogP contribution in [0.25, 0.3) is 5.52 Å². The molecule has 0 atom stereocenters. The van der Waals surface area contributed by atoms with E-state index in [4.69, 9.17) is 0 Å². The molecular weight excluding hydrogens is 223 g/mol. The van der Waals surface area contributed by atoms with E-state index in [1.54, 1.807) is 0 Å². The minimum Gasteiger partial charge on any atom is -0.322 e. The standard InChI is InChI=1S/C10H9FN6/c1-6-2-9(16-15-6)14-10-8-3-7(11)4-17(8)13-5-12-10/h2-5H,1H3,(H2,12,13,14,15,16). The number of aromatic amines is 1. The first-order valence-electron chi connectivity index (χ1n) is 5.00. The third-order valence-electron chi connectivity index (χ3n) is 2.32. The van der Waals surface area contributed by atoms with Gasteiger partial charge in [-0.25, -0.2) is 13.9 Å². The first-order chi connectivity index (χ1) is 8.22. The lowest BCUT2D eigenvalue weighted by molar-refractivity contribution is 0.625. The van der Waals surface area contributed by atoms with E-state index in [9.17, 15) is 4.39 Å². The number of nitrogens with zero attached hydrogens (tertiary/aromatic N) is 4. The SMILES string of the molecule is Cc1cc(Nc2ncnn3cc(F)cc23)n[nH]1. The third-order valence-corrected chi connectivity index (χ3v) is 2.32. The Labute approximate surface area is 95.5 Å². The van der Waals surface area contributed by atoms with Gasteiger partial charge in [0.15, 0.2) is 11.6 Å². The van der Waals surface area contributed by atoms with Gasteiger partial charge >= 0.3 is 0 Å². The number of hydrogen-bond acceptors (Lipinski definition) is 4. The Morgan fingerprint density at radius 3 is 3.06 bits per heavy atom. The molecule has 3 rings (SSSR count). The Balaban J connectivity index is 2.05. The monoisotopic (exact) mass is 232 g/mol. The largest absolute Gasteiger partial charge is 0.322 e. The Hall–Kier alpha value is -2.44. The third kappa shape index (κ3) is 1.71. The van der Waals surface area contributed by atoms with Crippen molar-refractivity contribution in [1.82, 2.24) is 24.8 Å². The molecule has 0 bridgehead atoms. The molecule has 0 aliphatic heterocycles. The molecule has 3 aromatic rings. The van der Waals surface area contributed by atoms with Gasteiger partial charge in [-0.1, -0.05) is 0 Å². The van der Waals surface area contributed by atoms with Crippen LogP contribution in [0.1, 0.15) is 5.69 Å². The van der Waals surface area contributed by atoms with E-state index in [1.807, 2.05) is 13.0 Å². The summed E-state index contributed by atoms with van der Waals surface area (Å²) in [7, 11) is 0. The van der Waals surface area contributed by atoms with Gasteiger partial charge in [0.05, 0.1) is 6.20 Å². The first-order valence-corrected chi connectivity index (χ1v) is 5.00. The molecule has 0 aromatic carbocycles. The van der Waals surface area contributed by atoms with Crippen molar-refractivity contribution in [2.24, 2.45) is 0 Å². The van der Waals surface area contributed by atoms with Crippen molar-refractivity contribution in [3.05, 3.63) is 36.2 Å². The molecule has 0 fully saturated rings. The quantitative estimate of drug-likeness (QED) is 0.704. The van der Waals surface area contributed by atoms with Crippen LogP contribution in [0.5, 0.6) is 0 Å². The summed E-state index contributed by atoms with van der Waals surface area (Å²) in [4.78, 5) is 4.06. The van der Waals surface area contributed by atoms with Gasteiger partial charge in [-0.15, -0.1) is 0 Å². The van der Waals surface area contributed by atoms with Crippen molar-refractivity contribution >= 4 is 17.2 Å². The molecule has 0 saturated heterocycles. The minimum absolute atomic E-state index is 0.355. The number of fused-ring (bicyclic) bond motifs is 1. The molecule has 6 nitrogen and oxygen atoms in total. The van der Waals surface area contributed by atoms with Gasteiger partial charge in [0.1, 0.15) is 17.7 Å². The number of aromatic nitrogens is 5. The highest BCUT2D eigenvalue weighted by atomic mass is 19.1. The Morgan fingerprint density at radius 1 is 1.41 bits per heavy atom. The Kier molecular flexibility index (Phi) is 2.04. The fraction of sp³-hybridized carbons (Fsp3) is 0.100. The summed E-state index contributed by atoms with van der Waals surface area (Å²) in [5.74, 6) is 0.784. The van der Waals surface area contributed by atoms with E-state index in [1.165, 1.54) is 23.1 Å². The summed E-state index contributed by atoms with van der Waals surface area (Å²) >= 11 is 0. The molecule has 3 heterocycles. The lowest BCUT2D eigenvalue weighted by Crippen LogP contribution is -1.99. The highest BCUT2D eigenvalue weighted by Gasteiger charge is 2.07. The van der Waals surface area contributed by atoms with E-state index >= 15 is 0 Å². The topological polar surface area (TPSA) is 70.9 Å². The second kappa shape index (κ2) is 3.55. The predicted molar refractivity (Wildman–Crippen MR) is 59.6 cm³/mol. The van der Waals surface area contributed by atoms with Gasteiger partial charge in [-0.2, -0.15) is 10.2 Å². The molecule has 0 amide bonds. The van der Waals surface area contributed by atoms with Crippen molar-refractivity contribution in [2.45, 2.75) is 6.92 Å². The summed E-state index contributed by atoms with van der Waals surface area (Å²) in [6, 6.07) is 3.19. The highest BCUT2D eigenvalue weighted by Crippen LogP contribution is 2.19. The predicted octanol–water partition coefficient (Wildman–Crippen LogP) is 1.64. The van der Waals surface area contributed by atoms with Gasteiger partial charge < -0.3 is 5.32 Å². The Bertz CT molecular complexity index is 670.